The molecule has 2 N–H and O–H groups in total. The molecule has 0 aromatic heterocycles. The minimum atomic E-state index is -0.663. The van der Waals surface area contributed by atoms with Crippen LogP contribution in [0, 0.1) is 0 Å². The number of ether oxygens (including phenoxy) is 2. The van der Waals surface area contributed by atoms with E-state index in [9.17, 15) is 9.59 Å². The van der Waals surface area contributed by atoms with Gasteiger partial charge in [-0.2, -0.15) is 0 Å². The maximum Gasteiger partial charge on any atom is 0.306 e. The molecule has 0 aromatic carbocycles. The van der Waals surface area contributed by atoms with Gasteiger partial charge in [0.05, 0.1) is 0 Å². The molecule has 0 aromatic rings. The molecular weight excluding hydrogens is 562 g/mol. The Labute approximate surface area is 278 Å². The molecule has 264 valence electrons. The molecule has 0 amide bonds. The van der Waals surface area contributed by atoms with Crippen LogP contribution in [0.1, 0.15) is 194 Å². The van der Waals surface area contributed by atoms with E-state index in [2.05, 4.69) is 43.0 Å². The molecule has 0 spiro atoms. The van der Waals surface area contributed by atoms with Crippen LogP contribution in [0.25, 0.3) is 0 Å². The van der Waals surface area contributed by atoms with Crippen LogP contribution in [-0.4, -0.2) is 31.3 Å². The molecule has 0 fully saturated rings. The molecular formula is C39H73NO5. The van der Waals surface area contributed by atoms with Crippen LogP contribution in [0.3, 0.4) is 0 Å². The van der Waals surface area contributed by atoms with Crippen molar-refractivity contribution >= 4 is 11.9 Å². The highest BCUT2D eigenvalue weighted by Crippen LogP contribution is 2.13. The summed E-state index contributed by atoms with van der Waals surface area (Å²) in [6.45, 7) is 4.52. The number of esters is 2. The molecule has 0 heterocycles. The van der Waals surface area contributed by atoms with E-state index < -0.39 is 6.10 Å². The van der Waals surface area contributed by atoms with Gasteiger partial charge in [-0.25, -0.2) is 5.90 Å². The fourth-order valence-corrected chi connectivity index (χ4v) is 5.41. The molecule has 1 unspecified atom stereocenters. The quantitative estimate of drug-likeness (QED) is 0.0322. The maximum atomic E-state index is 12.3. The first-order chi connectivity index (χ1) is 22.1. The molecule has 0 aliphatic rings. The number of carbonyl (C=O) groups excluding carboxylic acids is 2. The minimum Gasteiger partial charge on any atom is -0.462 e. The van der Waals surface area contributed by atoms with Crippen molar-refractivity contribution < 1.29 is 23.9 Å². The van der Waals surface area contributed by atoms with E-state index in [1.54, 1.807) is 0 Å². The molecule has 45 heavy (non-hydrogen) atoms. The van der Waals surface area contributed by atoms with Gasteiger partial charge in [-0.3, -0.25) is 9.59 Å². The number of unbranched alkanes of at least 4 members (excludes halogenated alkanes) is 22. The molecule has 0 saturated heterocycles. The van der Waals surface area contributed by atoms with Crippen molar-refractivity contribution in [3.63, 3.8) is 0 Å². The summed E-state index contributed by atoms with van der Waals surface area (Å²) in [5.74, 6) is 4.66. The monoisotopic (exact) mass is 636 g/mol. The lowest BCUT2D eigenvalue weighted by Gasteiger charge is -2.17. The standard InChI is InChI=1S/C39H73NO5/c1-3-5-7-9-11-13-15-17-19-21-23-25-27-29-31-33-38(41)43-35-37(36-44-40)45-39(42)34-32-30-28-26-24-22-20-18-16-14-12-10-8-6-4-2/h17-20,37H,3-16,21-36,40H2,1-2H3. The summed E-state index contributed by atoms with van der Waals surface area (Å²) in [7, 11) is 0. The molecule has 0 aliphatic heterocycles. The summed E-state index contributed by atoms with van der Waals surface area (Å²) in [4.78, 5) is 29.1. The third-order valence-corrected chi connectivity index (χ3v) is 8.30. The van der Waals surface area contributed by atoms with Crippen LogP contribution in [0.2, 0.25) is 0 Å². The van der Waals surface area contributed by atoms with Crippen molar-refractivity contribution in [2.75, 3.05) is 13.2 Å². The SMILES string of the molecule is CCCCCCCCC=CCCCCCCCC(=O)OCC(CON)OC(=O)CCCCCCCC=CCCCCCCCC. The van der Waals surface area contributed by atoms with Gasteiger partial charge in [0.1, 0.15) is 13.2 Å². The van der Waals surface area contributed by atoms with Gasteiger partial charge in [-0.15, -0.1) is 0 Å². The molecule has 1 atom stereocenters. The van der Waals surface area contributed by atoms with Gasteiger partial charge in [-0.05, 0) is 64.2 Å². The smallest absolute Gasteiger partial charge is 0.306 e. The lowest BCUT2D eigenvalue weighted by molar-refractivity contribution is -0.163. The first kappa shape index (κ1) is 43.3. The molecule has 0 rings (SSSR count). The summed E-state index contributed by atoms with van der Waals surface area (Å²) < 4.78 is 10.8. The highest BCUT2D eigenvalue weighted by molar-refractivity contribution is 5.70. The van der Waals surface area contributed by atoms with Crippen LogP contribution in [0.5, 0.6) is 0 Å². The number of hydrogen-bond acceptors (Lipinski definition) is 6. The van der Waals surface area contributed by atoms with Crippen molar-refractivity contribution in [1.29, 1.82) is 0 Å². The van der Waals surface area contributed by atoms with Crippen LogP contribution in [-0.2, 0) is 23.9 Å². The Bertz CT molecular complexity index is 693. The summed E-state index contributed by atoms with van der Waals surface area (Å²) in [6, 6.07) is 0. The van der Waals surface area contributed by atoms with Gasteiger partial charge in [0.15, 0.2) is 6.10 Å². The van der Waals surface area contributed by atoms with Gasteiger partial charge in [-0.1, -0.05) is 141 Å². The van der Waals surface area contributed by atoms with E-state index >= 15 is 0 Å². The second kappa shape index (κ2) is 36.8. The zero-order valence-electron chi connectivity index (χ0n) is 29.7. The normalized spacial score (nSPS) is 12.3. The third-order valence-electron chi connectivity index (χ3n) is 8.30. The van der Waals surface area contributed by atoms with E-state index in [0.29, 0.717) is 12.8 Å². The fraction of sp³-hybridized carbons (Fsp3) is 0.846. The first-order valence-electron chi connectivity index (χ1n) is 19.1. The number of carbonyl (C=O) groups is 2. The molecule has 0 saturated carbocycles. The van der Waals surface area contributed by atoms with E-state index in [0.717, 1.165) is 51.4 Å². The average molecular weight is 636 g/mol. The Morgan fingerprint density at radius 2 is 0.844 bits per heavy atom. The van der Waals surface area contributed by atoms with Gasteiger partial charge in [0, 0.05) is 12.8 Å². The van der Waals surface area contributed by atoms with Gasteiger partial charge in [0.25, 0.3) is 0 Å². The molecule has 6 nitrogen and oxygen atoms in total. The lowest BCUT2D eigenvalue weighted by atomic mass is 10.1. The molecule has 0 radical (unpaired) electrons. The Morgan fingerprint density at radius 3 is 1.24 bits per heavy atom. The predicted octanol–water partition coefficient (Wildman–Crippen LogP) is 11.4. The summed E-state index contributed by atoms with van der Waals surface area (Å²) in [6.07, 6.45) is 41.1. The van der Waals surface area contributed by atoms with Crippen molar-refractivity contribution in [3.05, 3.63) is 24.3 Å². The summed E-state index contributed by atoms with van der Waals surface area (Å²) in [5.41, 5.74) is 0. The van der Waals surface area contributed by atoms with E-state index in [-0.39, 0.29) is 25.2 Å². The Balaban J connectivity index is 3.68. The van der Waals surface area contributed by atoms with Crippen molar-refractivity contribution in [3.8, 4) is 0 Å². The van der Waals surface area contributed by atoms with Gasteiger partial charge < -0.3 is 14.3 Å². The van der Waals surface area contributed by atoms with Gasteiger partial charge in [0.2, 0.25) is 0 Å². The van der Waals surface area contributed by atoms with E-state index in [1.165, 1.54) is 116 Å². The number of hydrogen-bond donors (Lipinski definition) is 1. The zero-order valence-corrected chi connectivity index (χ0v) is 29.7. The molecule has 0 aliphatic carbocycles. The van der Waals surface area contributed by atoms with Crippen LogP contribution in [0.15, 0.2) is 24.3 Å². The summed E-state index contributed by atoms with van der Waals surface area (Å²) in [5, 5.41) is 0. The largest absolute Gasteiger partial charge is 0.462 e. The predicted molar refractivity (Wildman–Crippen MR) is 190 cm³/mol. The van der Waals surface area contributed by atoms with Crippen molar-refractivity contribution in [2.45, 2.75) is 200 Å². The van der Waals surface area contributed by atoms with E-state index in [4.69, 9.17) is 15.4 Å². The Kier molecular flexibility index (Phi) is 35.4. The summed E-state index contributed by atoms with van der Waals surface area (Å²) >= 11 is 0. The van der Waals surface area contributed by atoms with Crippen LogP contribution >= 0.6 is 0 Å². The van der Waals surface area contributed by atoms with Crippen LogP contribution < -0.4 is 5.90 Å². The number of rotatable bonds is 35. The minimum absolute atomic E-state index is 0.0127. The first-order valence-corrected chi connectivity index (χ1v) is 19.1. The zero-order chi connectivity index (χ0) is 32.9. The molecule has 6 heteroatoms. The van der Waals surface area contributed by atoms with Gasteiger partial charge >= 0.3 is 11.9 Å². The second-order valence-corrected chi connectivity index (χ2v) is 12.8. The fourth-order valence-electron chi connectivity index (χ4n) is 5.41. The topological polar surface area (TPSA) is 87.8 Å². The van der Waals surface area contributed by atoms with E-state index in [1.807, 2.05) is 0 Å². The second-order valence-electron chi connectivity index (χ2n) is 12.8. The van der Waals surface area contributed by atoms with Crippen molar-refractivity contribution in [2.24, 2.45) is 5.90 Å². The lowest BCUT2D eigenvalue weighted by Crippen LogP contribution is -2.30. The number of nitrogens with two attached hydrogens (primary N) is 1. The maximum absolute atomic E-state index is 12.3. The Morgan fingerprint density at radius 1 is 0.489 bits per heavy atom. The molecule has 0 bridgehead atoms. The highest BCUT2D eigenvalue weighted by Gasteiger charge is 2.17. The Hall–Kier alpha value is -1.66. The average Bonchev–Trinajstić information content (AvgIpc) is 3.03. The number of allylic oxidation sites excluding steroid dienone is 4. The van der Waals surface area contributed by atoms with Crippen LogP contribution in [0.4, 0.5) is 0 Å². The van der Waals surface area contributed by atoms with Crippen molar-refractivity contribution in [1.82, 2.24) is 0 Å². The third kappa shape index (κ3) is 35.0. The highest BCUT2D eigenvalue weighted by atomic mass is 16.6.